The first-order chi connectivity index (χ1) is 17.6. The fourth-order valence-electron chi connectivity index (χ4n) is 3.40. The van der Waals surface area contributed by atoms with Crippen LogP contribution in [0.1, 0.15) is 60.5 Å². The van der Waals surface area contributed by atoms with E-state index in [1.165, 1.54) is 14.5 Å². The summed E-state index contributed by atoms with van der Waals surface area (Å²) in [6.07, 6.45) is 4.42. The van der Waals surface area contributed by atoms with Crippen molar-refractivity contribution in [2.75, 3.05) is 32.8 Å². The zero-order valence-corrected chi connectivity index (χ0v) is 23.2. The van der Waals surface area contributed by atoms with Gasteiger partial charge in [0.15, 0.2) is 11.6 Å². The van der Waals surface area contributed by atoms with Gasteiger partial charge >= 0.3 is 18.2 Å². The molecule has 2 amide bonds. The number of carbonyl (C=O) groups excluding carboxylic acids is 5. The van der Waals surface area contributed by atoms with Crippen LogP contribution in [0.4, 0.5) is 9.59 Å². The van der Waals surface area contributed by atoms with Crippen LogP contribution in [0.5, 0.6) is 0 Å². The molecule has 0 spiro atoms. The zero-order valence-electron chi connectivity index (χ0n) is 23.2. The lowest BCUT2D eigenvalue weighted by Gasteiger charge is -2.23. The Hall–Kier alpha value is -3.70. The van der Waals surface area contributed by atoms with E-state index < -0.39 is 23.4 Å². The number of hydrogen-bond acceptors (Lipinski definition) is 9. The van der Waals surface area contributed by atoms with Crippen molar-refractivity contribution in [1.82, 2.24) is 19.6 Å². The molecule has 0 bridgehead atoms. The van der Waals surface area contributed by atoms with Gasteiger partial charge < -0.3 is 19.1 Å². The highest BCUT2D eigenvalue weighted by Crippen LogP contribution is 2.19. The molecule has 0 aliphatic carbocycles. The maximum atomic E-state index is 12.1. The molecule has 0 radical (unpaired) electrons. The van der Waals surface area contributed by atoms with Gasteiger partial charge in [-0.05, 0) is 54.5 Å². The van der Waals surface area contributed by atoms with Crippen LogP contribution in [-0.2, 0) is 35.1 Å². The fraction of sp³-hybridized carbons (Fsp3) is 0.615. The van der Waals surface area contributed by atoms with Gasteiger partial charge in [-0.3, -0.25) is 24.0 Å². The summed E-state index contributed by atoms with van der Waals surface area (Å²) >= 11 is 0. The number of ether oxygens (including phenoxy) is 3. The predicted octanol–water partition coefficient (Wildman–Crippen LogP) is 2.85. The van der Waals surface area contributed by atoms with Crippen molar-refractivity contribution in [3.05, 3.63) is 23.5 Å². The first-order valence-electron chi connectivity index (χ1n) is 12.5. The standard InChI is InChI=1S/C17H23N3O5.C9H15NO3/c1-5-24-15(22)11-20-8-12(7-18-20)6-13-9-19(10-14(13)21)16(23)25-17(2,3)4;1-9(2,3)13-8(12)10-5-4-7(11)6-10/h6-8H,5,9-11H2,1-4H3;4-6H2,1-3H3/b13-6+;. The summed E-state index contributed by atoms with van der Waals surface area (Å²) in [6, 6.07) is 0. The molecule has 0 aromatic carbocycles. The Balaban J connectivity index is 0.000000328. The van der Waals surface area contributed by atoms with Gasteiger partial charge in [0.25, 0.3) is 0 Å². The maximum Gasteiger partial charge on any atom is 0.411 e. The van der Waals surface area contributed by atoms with Gasteiger partial charge in [-0.15, -0.1) is 0 Å². The number of aromatic nitrogens is 2. The van der Waals surface area contributed by atoms with E-state index in [0.29, 0.717) is 30.7 Å². The zero-order chi connectivity index (χ0) is 28.7. The maximum absolute atomic E-state index is 12.1. The largest absolute Gasteiger partial charge is 0.465 e. The van der Waals surface area contributed by atoms with Crippen LogP contribution in [0.15, 0.2) is 18.0 Å². The average Bonchev–Trinajstić information content (AvgIpc) is 3.48. The van der Waals surface area contributed by atoms with Crippen molar-refractivity contribution in [1.29, 1.82) is 0 Å². The fourth-order valence-corrected chi connectivity index (χ4v) is 3.40. The average molecular weight is 535 g/mol. The number of rotatable bonds is 4. The molecular weight excluding hydrogens is 496 g/mol. The van der Waals surface area contributed by atoms with E-state index in [1.54, 1.807) is 46.2 Å². The molecule has 2 aliphatic heterocycles. The first kappa shape index (κ1) is 30.5. The van der Waals surface area contributed by atoms with Crippen LogP contribution in [0.2, 0.25) is 0 Å². The van der Waals surface area contributed by atoms with E-state index in [4.69, 9.17) is 14.2 Å². The third kappa shape index (κ3) is 10.3. The molecule has 3 rings (SSSR count). The molecule has 0 N–H and O–H groups in total. The van der Waals surface area contributed by atoms with Crippen molar-refractivity contribution < 1.29 is 38.2 Å². The lowest BCUT2D eigenvalue weighted by atomic mass is 10.1. The van der Waals surface area contributed by atoms with E-state index in [-0.39, 0.29) is 43.7 Å². The molecule has 12 heteroatoms. The van der Waals surface area contributed by atoms with Crippen molar-refractivity contribution in [3.8, 4) is 0 Å². The Bertz CT molecular complexity index is 1080. The number of Topliss-reactive ketones (excluding diaryl/α,β-unsaturated/α-hetero) is 2. The topological polar surface area (TPSA) is 137 Å². The summed E-state index contributed by atoms with van der Waals surface area (Å²) in [5, 5.41) is 4.06. The molecule has 0 unspecified atom stereocenters. The molecule has 210 valence electrons. The summed E-state index contributed by atoms with van der Waals surface area (Å²) < 4.78 is 16.7. The van der Waals surface area contributed by atoms with Crippen LogP contribution < -0.4 is 0 Å². The molecule has 38 heavy (non-hydrogen) atoms. The first-order valence-corrected chi connectivity index (χ1v) is 12.5. The van der Waals surface area contributed by atoms with E-state index in [1.807, 2.05) is 20.8 Å². The Morgan fingerprint density at radius 2 is 1.55 bits per heavy atom. The van der Waals surface area contributed by atoms with E-state index in [9.17, 15) is 24.0 Å². The van der Waals surface area contributed by atoms with Crippen LogP contribution in [-0.4, -0.2) is 93.3 Å². The molecule has 3 heterocycles. The van der Waals surface area contributed by atoms with E-state index in [0.717, 1.165) is 0 Å². The molecule has 1 aromatic rings. The van der Waals surface area contributed by atoms with Gasteiger partial charge in [-0.25, -0.2) is 9.59 Å². The monoisotopic (exact) mass is 534 g/mol. The molecular formula is C26H38N4O8. The smallest absolute Gasteiger partial charge is 0.411 e. The molecule has 2 aliphatic rings. The lowest BCUT2D eigenvalue weighted by Crippen LogP contribution is -2.35. The number of amides is 2. The third-order valence-electron chi connectivity index (χ3n) is 4.98. The van der Waals surface area contributed by atoms with Gasteiger partial charge in [0, 0.05) is 30.3 Å². The number of ketones is 2. The van der Waals surface area contributed by atoms with Crippen LogP contribution in [0, 0.1) is 0 Å². The number of likely N-dealkylation sites (tertiary alicyclic amines) is 2. The number of nitrogens with zero attached hydrogens (tertiary/aromatic N) is 4. The summed E-state index contributed by atoms with van der Waals surface area (Å²) in [7, 11) is 0. The summed E-state index contributed by atoms with van der Waals surface area (Å²) in [5.41, 5.74) is 0.0871. The molecule has 0 atom stereocenters. The highest BCUT2D eigenvalue weighted by molar-refractivity contribution is 6.05. The summed E-state index contributed by atoms with van der Waals surface area (Å²) in [5.74, 6) is -0.410. The Morgan fingerprint density at radius 3 is 2.08 bits per heavy atom. The second-order valence-electron chi connectivity index (χ2n) is 10.9. The Labute approximate surface area is 222 Å². The molecule has 0 saturated carbocycles. The highest BCUT2D eigenvalue weighted by Gasteiger charge is 2.32. The van der Waals surface area contributed by atoms with Crippen molar-refractivity contribution in [3.63, 3.8) is 0 Å². The van der Waals surface area contributed by atoms with Crippen LogP contribution in [0.25, 0.3) is 6.08 Å². The SMILES string of the molecule is CC(C)(C)OC(=O)N1CCC(=O)C1.CCOC(=O)Cn1cc(/C=C2\CN(C(=O)OC(C)(C)C)CC2=O)cn1. The van der Waals surface area contributed by atoms with Crippen molar-refractivity contribution in [2.45, 2.75) is 72.6 Å². The molecule has 12 nitrogen and oxygen atoms in total. The highest BCUT2D eigenvalue weighted by atomic mass is 16.6. The Kier molecular flexibility index (Phi) is 10.2. The van der Waals surface area contributed by atoms with Gasteiger partial charge in [0.05, 0.1) is 32.4 Å². The lowest BCUT2D eigenvalue weighted by molar-refractivity contribution is -0.144. The van der Waals surface area contributed by atoms with E-state index in [2.05, 4.69) is 5.10 Å². The Morgan fingerprint density at radius 1 is 0.947 bits per heavy atom. The second-order valence-corrected chi connectivity index (χ2v) is 10.9. The van der Waals surface area contributed by atoms with Gasteiger partial charge in [0.1, 0.15) is 17.7 Å². The van der Waals surface area contributed by atoms with Gasteiger partial charge in [0.2, 0.25) is 0 Å². The third-order valence-corrected chi connectivity index (χ3v) is 4.98. The number of carbonyl (C=O) groups is 5. The minimum Gasteiger partial charge on any atom is -0.465 e. The minimum atomic E-state index is -0.610. The molecule has 2 fully saturated rings. The second kappa shape index (κ2) is 12.7. The summed E-state index contributed by atoms with van der Waals surface area (Å²) in [4.78, 5) is 60.6. The van der Waals surface area contributed by atoms with Crippen LogP contribution in [0.3, 0.4) is 0 Å². The minimum absolute atomic E-state index is 0.00227. The molecule has 1 aromatic heterocycles. The van der Waals surface area contributed by atoms with Gasteiger partial charge in [-0.1, -0.05) is 0 Å². The predicted molar refractivity (Wildman–Crippen MR) is 137 cm³/mol. The normalized spacial score (nSPS) is 16.9. The van der Waals surface area contributed by atoms with E-state index >= 15 is 0 Å². The number of hydrogen-bond donors (Lipinski definition) is 0. The summed E-state index contributed by atoms with van der Waals surface area (Å²) in [6.45, 7) is 13.7. The number of esters is 1. The van der Waals surface area contributed by atoms with Crippen molar-refractivity contribution in [2.24, 2.45) is 0 Å². The molecule has 2 saturated heterocycles. The van der Waals surface area contributed by atoms with Gasteiger partial charge in [-0.2, -0.15) is 5.10 Å². The van der Waals surface area contributed by atoms with Crippen LogP contribution >= 0.6 is 0 Å². The quantitative estimate of drug-likeness (QED) is 0.324. The van der Waals surface area contributed by atoms with Crippen molar-refractivity contribution >= 4 is 35.8 Å².